The predicted molar refractivity (Wildman–Crippen MR) is 209 cm³/mol. The molecule has 48 heavy (non-hydrogen) atoms. The number of aliphatic hydroxyl groups is 1. The second-order valence-corrected chi connectivity index (χ2v) is 27.3. The standard InChI is InChI=1S/C41H60O4SSi2/c1-33-29-41(42,32-46(43)35-21-14-11-15-22-35)40(8,27-20-28-44-47(9,10)38(2,3)4)30-34(33)31-45-48(39(5,6)7,36-23-16-12-17-24-36)37-25-18-13-19-26-37/h11-19,21-26,30,33,42H,20,27-29,31-32H2,1-10H3/t33-,40-,41-,46?/m0/s1. The molecule has 4 rings (SSSR count). The zero-order chi connectivity index (χ0) is 35.4. The molecule has 0 aromatic heterocycles. The van der Waals surface area contributed by atoms with Crippen molar-refractivity contribution in [1.82, 2.24) is 0 Å². The van der Waals surface area contributed by atoms with Gasteiger partial charge in [0, 0.05) is 16.9 Å². The van der Waals surface area contributed by atoms with E-state index >= 15 is 0 Å². The first kappa shape index (κ1) is 38.7. The molecule has 0 heterocycles. The van der Waals surface area contributed by atoms with Crippen LogP contribution in [0.5, 0.6) is 0 Å². The van der Waals surface area contributed by atoms with Crippen LogP contribution >= 0.6 is 0 Å². The summed E-state index contributed by atoms with van der Waals surface area (Å²) < 4.78 is 27.7. The molecular weight excluding hydrogens is 645 g/mol. The van der Waals surface area contributed by atoms with Crippen LogP contribution in [0.3, 0.4) is 0 Å². The van der Waals surface area contributed by atoms with Gasteiger partial charge in [-0.05, 0) is 76.4 Å². The van der Waals surface area contributed by atoms with E-state index < -0.39 is 38.5 Å². The van der Waals surface area contributed by atoms with Crippen molar-refractivity contribution in [3.8, 4) is 0 Å². The number of rotatable bonds is 13. The molecular formula is C41H60O4SSi2. The van der Waals surface area contributed by atoms with Crippen LogP contribution in [0.15, 0.2) is 108 Å². The molecule has 0 saturated carbocycles. The van der Waals surface area contributed by atoms with Crippen LogP contribution < -0.4 is 10.4 Å². The van der Waals surface area contributed by atoms with E-state index in [0.717, 1.165) is 17.7 Å². The molecule has 0 bridgehead atoms. The molecule has 0 fully saturated rings. The Hall–Kier alpha value is -2.14. The molecule has 0 aliphatic heterocycles. The monoisotopic (exact) mass is 704 g/mol. The van der Waals surface area contributed by atoms with Gasteiger partial charge in [0.05, 0.1) is 28.8 Å². The molecule has 262 valence electrons. The van der Waals surface area contributed by atoms with Gasteiger partial charge in [-0.1, -0.05) is 140 Å². The van der Waals surface area contributed by atoms with Gasteiger partial charge in [0.1, 0.15) is 0 Å². The minimum absolute atomic E-state index is 0.0672. The van der Waals surface area contributed by atoms with E-state index in [0.29, 0.717) is 19.6 Å². The summed E-state index contributed by atoms with van der Waals surface area (Å²) in [5.41, 5.74) is -0.540. The molecule has 1 N–H and O–H groups in total. The quantitative estimate of drug-likeness (QED) is 0.110. The highest BCUT2D eigenvalue weighted by atomic mass is 32.2. The lowest BCUT2D eigenvalue weighted by Crippen LogP contribution is -2.66. The van der Waals surface area contributed by atoms with Crippen molar-refractivity contribution in [3.05, 3.63) is 103 Å². The van der Waals surface area contributed by atoms with Crippen molar-refractivity contribution in [3.63, 3.8) is 0 Å². The van der Waals surface area contributed by atoms with Crippen molar-refractivity contribution in [1.29, 1.82) is 0 Å². The fraction of sp³-hybridized carbons (Fsp3) is 0.512. The molecule has 0 saturated heterocycles. The summed E-state index contributed by atoms with van der Waals surface area (Å²) in [6.07, 6.45) is 4.38. The summed E-state index contributed by atoms with van der Waals surface area (Å²) in [7, 11) is -5.99. The van der Waals surface area contributed by atoms with Crippen LogP contribution in [0.2, 0.25) is 23.2 Å². The van der Waals surface area contributed by atoms with E-state index in [9.17, 15) is 9.32 Å². The van der Waals surface area contributed by atoms with Gasteiger partial charge < -0.3 is 14.0 Å². The van der Waals surface area contributed by atoms with Crippen molar-refractivity contribution >= 4 is 37.8 Å². The Morgan fingerprint density at radius 3 is 1.79 bits per heavy atom. The summed E-state index contributed by atoms with van der Waals surface area (Å²) in [6.45, 7) is 23.8. The molecule has 1 aliphatic carbocycles. The van der Waals surface area contributed by atoms with E-state index in [1.807, 2.05) is 30.3 Å². The first-order chi connectivity index (χ1) is 22.4. The largest absolute Gasteiger partial charge is 0.417 e. The molecule has 0 spiro atoms. The molecule has 1 unspecified atom stereocenters. The third-order valence-corrected chi connectivity index (χ3v) is 22.3. The van der Waals surface area contributed by atoms with Gasteiger partial charge in [-0.25, -0.2) is 0 Å². The lowest BCUT2D eigenvalue weighted by atomic mass is 9.62. The summed E-state index contributed by atoms with van der Waals surface area (Å²) in [6, 6.07) is 31.1. The number of benzene rings is 3. The summed E-state index contributed by atoms with van der Waals surface area (Å²) in [5, 5.41) is 15.1. The maximum atomic E-state index is 13.7. The average Bonchev–Trinajstić information content (AvgIpc) is 3.02. The minimum atomic E-state index is -2.75. The highest BCUT2D eigenvalue weighted by Crippen LogP contribution is 2.49. The van der Waals surface area contributed by atoms with Crippen LogP contribution in [0, 0.1) is 11.3 Å². The van der Waals surface area contributed by atoms with Crippen molar-refractivity contribution in [2.24, 2.45) is 11.3 Å². The van der Waals surface area contributed by atoms with E-state index in [4.69, 9.17) is 8.85 Å². The summed E-state index contributed by atoms with van der Waals surface area (Å²) in [5.74, 6) is 0.262. The predicted octanol–water partition coefficient (Wildman–Crippen LogP) is 8.88. The molecule has 7 heteroatoms. The molecule has 3 aromatic carbocycles. The Bertz CT molecular complexity index is 1490. The maximum absolute atomic E-state index is 13.7. The lowest BCUT2D eigenvalue weighted by Gasteiger charge is -2.50. The van der Waals surface area contributed by atoms with E-state index in [1.165, 1.54) is 15.9 Å². The Morgan fingerprint density at radius 2 is 1.31 bits per heavy atom. The van der Waals surface area contributed by atoms with Gasteiger partial charge >= 0.3 is 0 Å². The van der Waals surface area contributed by atoms with Crippen LogP contribution in [0.1, 0.15) is 74.7 Å². The van der Waals surface area contributed by atoms with Gasteiger partial charge in [-0.2, -0.15) is 0 Å². The highest BCUT2D eigenvalue weighted by molar-refractivity contribution is 7.85. The molecule has 4 atom stereocenters. The topological polar surface area (TPSA) is 55.8 Å². The second kappa shape index (κ2) is 15.0. The van der Waals surface area contributed by atoms with E-state index in [2.05, 4.69) is 135 Å². The van der Waals surface area contributed by atoms with Crippen LogP contribution in [-0.4, -0.2) is 50.5 Å². The molecule has 4 nitrogen and oxygen atoms in total. The van der Waals surface area contributed by atoms with E-state index in [1.54, 1.807) is 0 Å². The van der Waals surface area contributed by atoms with Crippen molar-refractivity contribution < 1.29 is 18.2 Å². The van der Waals surface area contributed by atoms with Gasteiger partial charge in [-0.15, -0.1) is 0 Å². The maximum Gasteiger partial charge on any atom is 0.261 e. The van der Waals surface area contributed by atoms with Gasteiger partial charge in [0.25, 0.3) is 8.32 Å². The normalized spacial score (nSPS) is 23.1. The fourth-order valence-electron chi connectivity index (χ4n) is 7.08. The van der Waals surface area contributed by atoms with Gasteiger partial charge in [-0.3, -0.25) is 4.21 Å². The first-order valence-corrected chi connectivity index (χ1v) is 23.8. The molecule has 3 aromatic rings. The summed E-state index contributed by atoms with van der Waals surface area (Å²) >= 11 is 0. The highest BCUT2D eigenvalue weighted by Gasteiger charge is 2.53. The molecule has 0 radical (unpaired) electrons. The molecule has 1 aliphatic rings. The zero-order valence-corrected chi connectivity index (χ0v) is 34.0. The van der Waals surface area contributed by atoms with Gasteiger partial charge in [0.15, 0.2) is 8.32 Å². The Morgan fingerprint density at radius 1 is 0.812 bits per heavy atom. The van der Waals surface area contributed by atoms with Crippen molar-refractivity contribution in [2.75, 3.05) is 19.0 Å². The summed E-state index contributed by atoms with van der Waals surface area (Å²) in [4.78, 5) is 0.756. The fourth-order valence-corrected chi connectivity index (χ4v) is 14.2. The number of hydrogen-bond donors (Lipinski definition) is 1. The van der Waals surface area contributed by atoms with E-state index in [-0.39, 0.29) is 21.7 Å². The third kappa shape index (κ3) is 8.25. The SMILES string of the molecule is C[C@H]1C[C@](O)(CS(=O)c2ccccc2)[C@@](C)(CCCO[Si](C)(C)C(C)(C)C)C=C1CO[Si](c1ccccc1)(c1ccccc1)C(C)(C)C. The van der Waals surface area contributed by atoms with Crippen LogP contribution in [0.25, 0.3) is 0 Å². The molecule has 0 amide bonds. The Kier molecular flexibility index (Phi) is 12.1. The lowest BCUT2D eigenvalue weighted by molar-refractivity contribution is -0.0604. The Labute approximate surface area is 296 Å². The average molecular weight is 705 g/mol. The Balaban J connectivity index is 1.71. The minimum Gasteiger partial charge on any atom is -0.417 e. The second-order valence-electron chi connectivity index (χ2n) is 16.7. The third-order valence-electron chi connectivity index (χ3n) is 11.2. The van der Waals surface area contributed by atoms with Gasteiger partial charge in [0.2, 0.25) is 0 Å². The smallest absolute Gasteiger partial charge is 0.261 e. The zero-order valence-electron chi connectivity index (χ0n) is 31.1. The first-order valence-electron chi connectivity index (χ1n) is 17.6. The van der Waals surface area contributed by atoms with Crippen LogP contribution in [0.4, 0.5) is 0 Å². The van der Waals surface area contributed by atoms with Crippen LogP contribution in [-0.2, 0) is 19.7 Å². The number of hydrogen-bond acceptors (Lipinski definition) is 4. The van der Waals surface area contributed by atoms with Crippen molar-refractivity contribution in [2.45, 2.75) is 108 Å².